The third kappa shape index (κ3) is 5.14. The first-order valence-corrected chi connectivity index (χ1v) is 7.48. The van der Waals surface area contributed by atoms with Gasteiger partial charge in [-0.2, -0.15) is 0 Å². The van der Waals surface area contributed by atoms with Gasteiger partial charge in [-0.3, -0.25) is 0 Å². The zero-order valence-corrected chi connectivity index (χ0v) is 13.6. The maximum Gasteiger partial charge on any atom is 0.0482 e. The molecule has 1 unspecified atom stereocenters. The Bertz CT molecular complexity index is 402. The van der Waals surface area contributed by atoms with Crippen LogP contribution in [-0.4, -0.2) is 32.4 Å². The highest BCUT2D eigenvalue weighted by molar-refractivity contribution is 5.53. The van der Waals surface area contributed by atoms with E-state index in [1.54, 1.807) is 0 Å². The van der Waals surface area contributed by atoms with Crippen molar-refractivity contribution in [2.24, 2.45) is 5.41 Å². The number of aliphatic hydroxyl groups excluding tert-OH is 1. The van der Waals surface area contributed by atoms with Crippen LogP contribution in [0.2, 0.25) is 0 Å². The Morgan fingerprint density at radius 2 is 1.90 bits per heavy atom. The molecule has 114 valence electrons. The number of nitrogens with one attached hydrogen (secondary N) is 1. The van der Waals surface area contributed by atoms with Crippen LogP contribution in [0, 0.1) is 5.41 Å². The van der Waals surface area contributed by atoms with E-state index in [0.717, 1.165) is 19.4 Å². The lowest BCUT2D eigenvalue weighted by atomic mass is 9.89. The maximum absolute atomic E-state index is 9.25. The Morgan fingerprint density at radius 3 is 2.50 bits per heavy atom. The predicted molar refractivity (Wildman–Crippen MR) is 87.3 cm³/mol. The fraction of sp³-hybridized carbons (Fsp3) is 0.647. The van der Waals surface area contributed by atoms with Crippen LogP contribution in [0.25, 0.3) is 0 Å². The van der Waals surface area contributed by atoms with Crippen LogP contribution in [0.4, 0.5) is 5.69 Å². The Balaban J connectivity index is 2.49. The fourth-order valence-corrected chi connectivity index (χ4v) is 2.34. The van der Waals surface area contributed by atoms with Crippen LogP contribution in [0.15, 0.2) is 24.3 Å². The Hall–Kier alpha value is -1.06. The molecule has 0 aliphatic carbocycles. The van der Waals surface area contributed by atoms with Gasteiger partial charge in [-0.25, -0.2) is 0 Å². The number of benzene rings is 1. The number of nitrogens with zero attached hydrogens (tertiary/aromatic N) is 1. The monoisotopic (exact) mass is 278 g/mol. The number of para-hydroxylation sites is 1. The van der Waals surface area contributed by atoms with Crippen molar-refractivity contribution in [3.8, 4) is 0 Å². The summed E-state index contributed by atoms with van der Waals surface area (Å²) in [5, 5.41) is 12.8. The topological polar surface area (TPSA) is 35.5 Å². The van der Waals surface area contributed by atoms with Gasteiger partial charge in [0, 0.05) is 32.4 Å². The van der Waals surface area contributed by atoms with Crippen molar-refractivity contribution in [1.82, 2.24) is 5.32 Å². The quantitative estimate of drug-likeness (QED) is 0.717. The van der Waals surface area contributed by atoms with Gasteiger partial charge < -0.3 is 15.3 Å². The van der Waals surface area contributed by atoms with Gasteiger partial charge in [-0.1, -0.05) is 32.0 Å². The molecular formula is C17H30N2O. The molecule has 0 aliphatic rings. The molecule has 0 fully saturated rings. The highest BCUT2D eigenvalue weighted by atomic mass is 16.3. The molecule has 1 rings (SSSR count). The molecule has 2 N–H and O–H groups in total. The molecule has 1 atom stereocenters. The molecule has 0 heterocycles. The maximum atomic E-state index is 9.25. The first-order chi connectivity index (χ1) is 9.37. The minimum absolute atomic E-state index is 0.0342. The van der Waals surface area contributed by atoms with E-state index in [2.05, 4.69) is 69.3 Å². The van der Waals surface area contributed by atoms with E-state index in [1.165, 1.54) is 11.3 Å². The minimum atomic E-state index is 0.0342. The van der Waals surface area contributed by atoms with Crippen LogP contribution >= 0.6 is 0 Å². The van der Waals surface area contributed by atoms with Gasteiger partial charge in [-0.05, 0) is 43.4 Å². The summed E-state index contributed by atoms with van der Waals surface area (Å²) in [6, 6.07) is 8.85. The van der Waals surface area contributed by atoms with Gasteiger partial charge in [0.05, 0.1) is 0 Å². The third-order valence-electron chi connectivity index (χ3n) is 3.79. The standard InChI is InChI=1S/C17H30N2O/c1-14(18-12-8-11-17(2,3)13-20)15-9-6-7-10-16(15)19(4)5/h6-7,9-10,14,18,20H,8,11-13H2,1-5H3. The molecule has 0 amide bonds. The number of rotatable bonds is 8. The average molecular weight is 278 g/mol. The second-order valence-electron chi connectivity index (χ2n) is 6.55. The molecule has 0 radical (unpaired) electrons. The van der Waals surface area contributed by atoms with Crippen LogP contribution < -0.4 is 10.2 Å². The molecular weight excluding hydrogens is 248 g/mol. The van der Waals surface area contributed by atoms with Crippen LogP contribution in [0.5, 0.6) is 0 Å². The number of aliphatic hydroxyl groups is 1. The van der Waals surface area contributed by atoms with Crippen molar-refractivity contribution in [1.29, 1.82) is 0 Å². The third-order valence-corrected chi connectivity index (χ3v) is 3.79. The van der Waals surface area contributed by atoms with E-state index in [-0.39, 0.29) is 12.0 Å². The van der Waals surface area contributed by atoms with Crippen molar-refractivity contribution in [3.05, 3.63) is 29.8 Å². The fourth-order valence-electron chi connectivity index (χ4n) is 2.34. The Morgan fingerprint density at radius 1 is 1.25 bits per heavy atom. The lowest BCUT2D eigenvalue weighted by Gasteiger charge is -2.24. The lowest BCUT2D eigenvalue weighted by molar-refractivity contribution is 0.147. The van der Waals surface area contributed by atoms with E-state index in [9.17, 15) is 5.11 Å². The highest BCUT2D eigenvalue weighted by Gasteiger charge is 2.16. The van der Waals surface area contributed by atoms with E-state index < -0.39 is 0 Å². The summed E-state index contributed by atoms with van der Waals surface area (Å²) in [6.45, 7) is 7.66. The molecule has 0 bridgehead atoms. The van der Waals surface area contributed by atoms with Crippen molar-refractivity contribution in [2.45, 2.75) is 39.7 Å². The van der Waals surface area contributed by atoms with Gasteiger partial charge >= 0.3 is 0 Å². The zero-order valence-electron chi connectivity index (χ0n) is 13.6. The van der Waals surface area contributed by atoms with Crippen molar-refractivity contribution in [3.63, 3.8) is 0 Å². The summed E-state index contributed by atoms with van der Waals surface area (Å²) >= 11 is 0. The molecule has 3 nitrogen and oxygen atoms in total. The van der Waals surface area contributed by atoms with Crippen LogP contribution in [-0.2, 0) is 0 Å². The summed E-state index contributed by atoms with van der Waals surface area (Å²) < 4.78 is 0. The smallest absolute Gasteiger partial charge is 0.0482 e. The van der Waals surface area contributed by atoms with Gasteiger partial charge in [0.15, 0.2) is 0 Å². The van der Waals surface area contributed by atoms with Crippen molar-refractivity contribution >= 4 is 5.69 Å². The lowest BCUT2D eigenvalue weighted by Crippen LogP contribution is -2.24. The Kier molecular flexibility index (Phi) is 6.50. The molecule has 0 aromatic heterocycles. The van der Waals surface area contributed by atoms with Crippen molar-refractivity contribution < 1.29 is 5.11 Å². The largest absolute Gasteiger partial charge is 0.396 e. The summed E-state index contributed by atoms with van der Waals surface area (Å²) in [6.07, 6.45) is 2.13. The van der Waals surface area contributed by atoms with Crippen molar-refractivity contribution in [2.75, 3.05) is 32.1 Å². The first kappa shape index (κ1) is 17.0. The average Bonchev–Trinajstić information content (AvgIpc) is 2.43. The Labute approximate surface area is 124 Å². The number of hydrogen-bond donors (Lipinski definition) is 2. The number of anilines is 1. The number of hydrogen-bond acceptors (Lipinski definition) is 3. The van der Waals surface area contributed by atoms with E-state index in [4.69, 9.17) is 0 Å². The molecule has 1 aromatic rings. The predicted octanol–water partition coefficient (Wildman–Crippen LogP) is 3.20. The second-order valence-corrected chi connectivity index (χ2v) is 6.55. The second kappa shape index (κ2) is 7.65. The first-order valence-electron chi connectivity index (χ1n) is 7.48. The molecule has 20 heavy (non-hydrogen) atoms. The van der Waals surface area contributed by atoms with Crippen LogP contribution in [0.1, 0.15) is 45.2 Å². The molecule has 3 heteroatoms. The van der Waals surface area contributed by atoms with Gasteiger partial charge in [0.1, 0.15) is 0 Å². The summed E-state index contributed by atoms with van der Waals surface area (Å²) in [5.74, 6) is 0. The molecule has 0 spiro atoms. The molecule has 1 aromatic carbocycles. The summed E-state index contributed by atoms with van der Waals surface area (Å²) in [5.41, 5.74) is 2.63. The minimum Gasteiger partial charge on any atom is -0.396 e. The molecule has 0 aliphatic heterocycles. The van der Waals surface area contributed by atoms with Crippen LogP contribution in [0.3, 0.4) is 0 Å². The van der Waals surface area contributed by atoms with Gasteiger partial charge in [-0.15, -0.1) is 0 Å². The SMILES string of the molecule is CC(NCCCC(C)(C)CO)c1ccccc1N(C)C. The zero-order chi connectivity index (χ0) is 15.2. The molecule has 0 saturated carbocycles. The van der Waals surface area contributed by atoms with E-state index >= 15 is 0 Å². The van der Waals surface area contributed by atoms with E-state index in [1.807, 2.05) is 0 Å². The normalized spacial score (nSPS) is 13.3. The van der Waals surface area contributed by atoms with Gasteiger partial charge in [0.25, 0.3) is 0 Å². The summed E-state index contributed by atoms with van der Waals surface area (Å²) in [7, 11) is 4.16. The highest BCUT2D eigenvalue weighted by Crippen LogP contribution is 2.25. The van der Waals surface area contributed by atoms with Gasteiger partial charge in [0.2, 0.25) is 0 Å². The summed E-state index contributed by atoms with van der Waals surface area (Å²) in [4.78, 5) is 2.16. The van der Waals surface area contributed by atoms with E-state index in [0.29, 0.717) is 6.04 Å². The molecule has 0 saturated heterocycles.